The van der Waals surface area contributed by atoms with E-state index in [2.05, 4.69) is 0 Å². The Balaban J connectivity index is 2.61. The van der Waals surface area contributed by atoms with Crippen LogP contribution in [0, 0.1) is 0 Å². The van der Waals surface area contributed by atoms with Crippen LogP contribution in [-0.4, -0.2) is 18.1 Å². The van der Waals surface area contributed by atoms with Gasteiger partial charge in [0.05, 0.1) is 13.2 Å². The van der Waals surface area contributed by atoms with E-state index in [1.54, 1.807) is 12.1 Å². The number of carbonyl (C=O) groups excluding carboxylic acids is 1. The van der Waals surface area contributed by atoms with Crippen LogP contribution in [0.25, 0.3) is 0 Å². The van der Waals surface area contributed by atoms with Crippen LogP contribution in [0.5, 0.6) is 0 Å². The van der Waals surface area contributed by atoms with E-state index in [4.69, 9.17) is 16.2 Å². The average Bonchev–Trinajstić information content (AvgIpc) is 2.29. The van der Waals surface area contributed by atoms with Crippen LogP contribution in [0.3, 0.4) is 0 Å². The molecular formula is C13H20N2O2. The highest BCUT2D eigenvalue weighted by Gasteiger charge is 2.16. The first kappa shape index (κ1) is 13.7. The van der Waals surface area contributed by atoms with Gasteiger partial charge in [0, 0.05) is 11.1 Å². The maximum atomic E-state index is 11.2. The van der Waals surface area contributed by atoms with Crippen LogP contribution in [0.4, 0.5) is 0 Å². The molecule has 1 aromatic rings. The smallest absolute Gasteiger partial charge is 0.249 e. The van der Waals surface area contributed by atoms with Gasteiger partial charge in [-0.25, -0.2) is 0 Å². The van der Waals surface area contributed by atoms with Gasteiger partial charge in [0.25, 0.3) is 0 Å². The maximum Gasteiger partial charge on any atom is 0.249 e. The number of primary amides is 1. The summed E-state index contributed by atoms with van der Waals surface area (Å²) in [5.74, 6) is -0.435. The molecule has 0 bridgehead atoms. The van der Waals surface area contributed by atoms with Crippen molar-refractivity contribution in [1.82, 2.24) is 0 Å². The average molecular weight is 236 g/mol. The number of benzene rings is 1. The zero-order valence-electron chi connectivity index (χ0n) is 10.4. The monoisotopic (exact) mass is 236 g/mol. The lowest BCUT2D eigenvalue weighted by Crippen LogP contribution is -2.40. The Morgan fingerprint density at radius 1 is 1.41 bits per heavy atom. The van der Waals surface area contributed by atoms with Crippen molar-refractivity contribution in [2.45, 2.75) is 32.4 Å². The van der Waals surface area contributed by atoms with E-state index >= 15 is 0 Å². The predicted molar refractivity (Wildman–Crippen MR) is 67.5 cm³/mol. The molecule has 1 atom stereocenters. The molecule has 94 valence electrons. The fourth-order valence-corrected chi connectivity index (χ4v) is 1.38. The molecule has 0 aromatic heterocycles. The van der Waals surface area contributed by atoms with E-state index in [9.17, 15) is 4.79 Å². The van der Waals surface area contributed by atoms with Crippen LogP contribution in [0.2, 0.25) is 0 Å². The van der Waals surface area contributed by atoms with Gasteiger partial charge >= 0.3 is 0 Å². The van der Waals surface area contributed by atoms with Crippen LogP contribution < -0.4 is 11.5 Å². The minimum atomic E-state index is -0.435. The van der Waals surface area contributed by atoms with Gasteiger partial charge in [-0.05, 0) is 25.0 Å². The molecule has 1 amide bonds. The van der Waals surface area contributed by atoms with Gasteiger partial charge in [-0.3, -0.25) is 4.79 Å². The quantitative estimate of drug-likeness (QED) is 0.784. The summed E-state index contributed by atoms with van der Waals surface area (Å²) in [4.78, 5) is 11.2. The number of amides is 1. The molecule has 0 aliphatic carbocycles. The molecule has 4 heteroatoms. The summed E-state index contributed by atoms with van der Waals surface area (Å²) >= 11 is 0. The molecule has 1 unspecified atom stereocenters. The third-order valence-corrected chi connectivity index (χ3v) is 2.78. The van der Waals surface area contributed by atoms with E-state index in [1.807, 2.05) is 26.0 Å². The zero-order chi connectivity index (χ0) is 12.9. The van der Waals surface area contributed by atoms with Gasteiger partial charge < -0.3 is 16.2 Å². The molecule has 0 fully saturated rings. The number of hydrogen-bond donors (Lipinski definition) is 2. The standard InChI is InChI=1S/C13H20N2O2/c1-3-13(2,15)9-17-8-10-6-4-5-7-11(10)12(14)16/h4-7H,3,8-9,15H2,1-2H3,(H2,14,16). The number of hydrogen-bond acceptors (Lipinski definition) is 3. The molecule has 4 nitrogen and oxygen atoms in total. The molecule has 0 saturated carbocycles. The fraction of sp³-hybridized carbons (Fsp3) is 0.462. The van der Waals surface area contributed by atoms with Gasteiger partial charge in [0.15, 0.2) is 0 Å². The number of carbonyl (C=O) groups is 1. The Morgan fingerprint density at radius 2 is 2.06 bits per heavy atom. The SMILES string of the molecule is CCC(C)(N)COCc1ccccc1C(N)=O. The second-order valence-corrected chi connectivity index (χ2v) is 4.52. The van der Waals surface area contributed by atoms with Crippen molar-refractivity contribution >= 4 is 5.91 Å². The van der Waals surface area contributed by atoms with Crippen molar-refractivity contribution in [3.63, 3.8) is 0 Å². The summed E-state index contributed by atoms with van der Waals surface area (Å²) in [7, 11) is 0. The normalized spacial score (nSPS) is 14.3. The van der Waals surface area contributed by atoms with E-state index in [-0.39, 0.29) is 5.54 Å². The van der Waals surface area contributed by atoms with Crippen LogP contribution in [0.15, 0.2) is 24.3 Å². The number of nitrogens with two attached hydrogens (primary N) is 2. The summed E-state index contributed by atoms with van der Waals surface area (Å²) in [5.41, 5.74) is 12.2. The summed E-state index contributed by atoms with van der Waals surface area (Å²) in [6.07, 6.45) is 0.838. The minimum absolute atomic E-state index is 0.332. The zero-order valence-corrected chi connectivity index (χ0v) is 10.4. The lowest BCUT2D eigenvalue weighted by atomic mass is 10.0. The van der Waals surface area contributed by atoms with E-state index in [0.717, 1.165) is 12.0 Å². The number of ether oxygens (including phenoxy) is 1. The molecule has 1 aromatic carbocycles. The molecule has 0 spiro atoms. The summed E-state index contributed by atoms with van der Waals surface area (Å²) in [5, 5.41) is 0. The highest BCUT2D eigenvalue weighted by Crippen LogP contribution is 2.11. The van der Waals surface area contributed by atoms with Crippen molar-refractivity contribution in [2.24, 2.45) is 11.5 Å². The number of rotatable bonds is 6. The fourth-order valence-electron chi connectivity index (χ4n) is 1.38. The summed E-state index contributed by atoms with van der Waals surface area (Å²) < 4.78 is 5.53. The van der Waals surface area contributed by atoms with Crippen LogP contribution >= 0.6 is 0 Å². The van der Waals surface area contributed by atoms with Crippen molar-refractivity contribution in [3.05, 3.63) is 35.4 Å². The van der Waals surface area contributed by atoms with Crippen molar-refractivity contribution in [2.75, 3.05) is 6.61 Å². The molecular weight excluding hydrogens is 216 g/mol. The highest BCUT2D eigenvalue weighted by molar-refractivity contribution is 5.94. The highest BCUT2D eigenvalue weighted by atomic mass is 16.5. The van der Waals surface area contributed by atoms with Crippen LogP contribution in [-0.2, 0) is 11.3 Å². The van der Waals surface area contributed by atoms with Crippen molar-refractivity contribution in [1.29, 1.82) is 0 Å². The van der Waals surface area contributed by atoms with Gasteiger partial charge in [0.1, 0.15) is 0 Å². The van der Waals surface area contributed by atoms with Crippen molar-refractivity contribution < 1.29 is 9.53 Å². The molecule has 0 heterocycles. The van der Waals surface area contributed by atoms with Gasteiger partial charge in [-0.2, -0.15) is 0 Å². The first-order chi connectivity index (χ1) is 7.96. The molecule has 1 rings (SSSR count). The van der Waals surface area contributed by atoms with Crippen molar-refractivity contribution in [3.8, 4) is 0 Å². The summed E-state index contributed by atoms with van der Waals surface area (Å²) in [6.45, 7) is 4.76. The first-order valence-electron chi connectivity index (χ1n) is 5.70. The second kappa shape index (κ2) is 5.80. The third kappa shape index (κ3) is 4.17. The van der Waals surface area contributed by atoms with Gasteiger partial charge in [-0.1, -0.05) is 25.1 Å². The molecule has 0 saturated heterocycles. The molecule has 17 heavy (non-hydrogen) atoms. The third-order valence-electron chi connectivity index (χ3n) is 2.78. The van der Waals surface area contributed by atoms with Gasteiger partial charge in [-0.15, -0.1) is 0 Å². The lowest BCUT2D eigenvalue weighted by Gasteiger charge is -2.22. The molecule has 4 N–H and O–H groups in total. The first-order valence-corrected chi connectivity index (χ1v) is 5.70. The maximum absolute atomic E-state index is 11.2. The molecule has 0 radical (unpaired) electrons. The Bertz CT molecular complexity index is 389. The minimum Gasteiger partial charge on any atom is -0.375 e. The second-order valence-electron chi connectivity index (χ2n) is 4.52. The Hall–Kier alpha value is -1.39. The van der Waals surface area contributed by atoms with E-state index < -0.39 is 5.91 Å². The topological polar surface area (TPSA) is 78.3 Å². The lowest BCUT2D eigenvalue weighted by molar-refractivity contribution is 0.0766. The van der Waals surface area contributed by atoms with E-state index in [1.165, 1.54) is 0 Å². The van der Waals surface area contributed by atoms with Gasteiger partial charge in [0.2, 0.25) is 5.91 Å². The predicted octanol–water partition coefficient (Wildman–Crippen LogP) is 1.43. The molecule has 0 aliphatic rings. The Morgan fingerprint density at radius 3 is 2.65 bits per heavy atom. The summed E-state index contributed by atoms with van der Waals surface area (Å²) in [6, 6.07) is 7.16. The van der Waals surface area contributed by atoms with E-state index in [0.29, 0.717) is 18.8 Å². The Labute approximate surface area is 102 Å². The molecule has 0 aliphatic heterocycles. The largest absolute Gasteiger partial charge is 0.375 e. The Kier molecular flexibility index (Phi) is 4.66. The van der Waals surface area contributed by atoms with Crippen LogP contribution in [0.1, 0.15) is 36.2 Å².